The van der Waals surface area contributed by atoms with Gasteiger partial charge in [-0.05, 0) is 18.9 Å². The monoisotopic (exact) mass is 139 g/mol. The number of hydrogen-bond donors (Lipinski definition) is 0. The molecule has 0 saturated heterocycles. The van der Waals surface area contributed by atoms with Gasteiger partial charge in [0.25, 0.3) is 0 Å². The number of rotatable bonds is 4. The van der Waals surface area contributed by atoms with Crippen LogP contribution < -0.4 is 0 Å². The lowest BCUT2D eigenvalue weighted by molar-refractivity contribution is 0.308. The maximum absolute atomic E-state index is 8.38. The number of nitrogens with zero attached hydrogens (tertiary/aromatic N) is 1. The molecular weight excluding hydrogens is 126 g/mol. The van der Waals surface area contributed by atoms with Crippen LogP contribution in [0.3, 0.4) is 0 Å². The summed E-state index contributed by atoms with van der Waals surface area (Å²) < 4.78 is 4.75. The second-order valence-corrected chi connectivity index (χ2v) is 2.03. The summed E-state index contributed by atoms with van der Waals surface area (Å²) in [6.45, 7) is 2.12. The van der Waals surface area contributed by atoms with Gasteiger partial charge in [-0.1, -0.05) is 13.3 Å². The lowest BCUT2D eigenvalue weighted by Crippen LogP contribution is -1.81. The average Bonchev–Trinajstić information content (AvgIpc) is 1.99. The SMILES string of the molecule is CCCCC=C(C#N)OC. The van der Waals surface area contributed by atoms with E-state index < -0.39 is 0 Å². The van der Waals surface area contributed by atoms with Crippen LogP contribution in [-0.2, 0) is 4.74 Å². The summed E-state index contributed by atoms with van der Waals surface area (Å²) in [6, 6.07) is 1.95. The Hall–Kier alpha value is -0.970. The summed E-state index contributed by atoms with van der Waals surface area (Å²) in [5.74, 6) is 0.424. The van der Waals surface area contributed by atoms with Crippen LogP contribution in [0.2, 0.25) is 0 Å². The summed E-state index contributed by atoms with van der Waals surface area (Å²) in [6.07, 6.45) is 5.03. The maximum atomic E-state index is 8.38. The number of methoxy groups -OCH3 is 1. The molecule has 0 bridgehead atoms. The van der Waals surface area contributed by atoms with Crippen LogP contribution in [0, 0.1) is 11.3 Å². The molecule has 56 valence electrons. The molecule has 0 fully saturated rings. The Morgan fingerprint density at radius 2 is 2.40 bits per heavy atom. The minimum atomic E-state index is 0.424. The van der Waals surface area contributed by atoms with Crippen molar-refractivity contribution in [1.29, 1.82) is 5.26 Å². The molecule has 0 saturated carbocycles. The van der Waals surface area contributed by atoms with E-state index in [0.29, 0.717) is 5.76 Å². The smallest absolute Gasteiger partial charge is 0.192 e. The van der Waals surface area contributed by atoms with E-state index in [1.54, 1.807) is 0 Å². The molecule has 0 aliphatic heterocycles. The van der Waals surface area contributed by atoms with Gasteiger partial charge in [-0.2, -0.15) is 5.26 Å². The van der Waals surface area contributed by atoms with Crippen LogP contribution >= 0.6 is 0 Å². The molecule has 0 rings (SSSR count). The van der Waals surface area contributed by atoms with Gasteiger partial charge in [0.15, 0.2) is 5.76 Å². The van der Waals surface area contributed by atoms with Gasteiger partial charge in [0.2, 0.25) is 0 Å². The van der Waals surface area contributed by atoms with Crippen molar-refractivity contribution in [3.05, 3.63) is 11.8 Å². The number of hydrogen-bond acceptors (Lipinski definition) is 2. The zero-order valence-corrected chi connectivity index (χ0v) is 6.55. The Balaban J connectivity index is 3.56. The second kappa shape index (κ2) is 6.15. The van der Waals surface area contributed by atoms with Crippen LogP contribution in [0.15, 0.2) is 11.8 Å². The first-order valence-electron chi connectivity index (χ1n) is 3.49. The van der Waals surface area contributed by atoms with Crippen LogP contribution in [0.1, 0.15) is 26.2 Å². The Labute approximate surface area is 62.1 Å². The van der Waals surface area contributed by atoms with Crippen molar-refractivity contribution < 1.29 is 4.74 Å². The highest BCUT2D eigenvalue weighted by Gasteiger charge is 1.88. The molecule has 0 aliphatic carbocycles. The summed E-state index contributed by atoms with van der Waals surface area (Å²) in [7, 11) is 1.51. The van der Waals surface area contributed by atoms with Crippen molar-refractivity contribution in [3.63, 3.8) is 0 Å². The summed E-state index contributed by atoms with van der Waals surface area (Å²) >= 11 is 0. The molecule has 0 aromatic carbocycles. The summed E-state index contributed by atoms with van der Waals surface area (Å²) in [4.78, 5) is 0. The number of unbranched alkanes of at least 4 members (excludes halogenated alkanes) is 2. The standard InChI is InChI=1S/C8H13NO/c1-3-4-5-6-8(7-9)10-2/h6H,3-5H2,1-2H3. The van der Waals surface area contributed by atoms with Gasteiger partial charge in [0.05, 0.1) is 7.11 Å². The minimum Gasteiger partial charge on any atom is -0.487 e. The van der Waals surface area contributed by atoms with E-state index in [-0.39, 0.29) is 0 Å². The van der Waals surface area contributed by atoms with E-state index in [0.717, 1.165) is 19.3 Å². The van der Waals surface area contributed by atoms with Crippen molar-refractivity contribution in [2.45, 2.75) is 26.2 Å². The molecular formula is C8H13NO. The molecule has 0 atom stereocenters. The van der Waals surface area contributed by atoms with Crippen molar-refractivity contribution in [2.75, 3.05) is 7.11 Å². The van der Waals surface area contributed by atoms with Gasteiger partial charge in [-0.15, -0.1) is 0 Å². The molecule has 10 heavy (non-hydrogen) atoms. The van der Waals surface area contributed by atoms with Crippen LogP contribution in [0.5, 0.6) is 0 Å². The highest BCUT2D eigenvalue weighted by Crippen LogP contribution is 2.00. The first-order chi connectivity index (χ1) is 4.85. The molecule has 0 heterocycles. The number of allylic oxidation sites excluding steroid dienone is 2. The van der Waals surface area contributed by atoms with E-state index in [1.807, 2.05) is 12.1 Å². The molecule has 0 N–H and O–H groups in total. The van der Waals surface area contributed by atoms with E-state index in [4.69, 9.17) is 10.00 Å². The predicted molar refractivity (Wildman–Crippen MR) is 40.2 cm³/mol. The fourth-order valence-electron chi connectivity index (χ4n) is 0.612. The topological polar surface area (TPSA) is 33.0 Å². The fourth-order valence-corrected chi connectivity index (χ4v) is 0.612. The zero-order chi connectivity index (χ0) is 7.82. The third-order valence-corrected chi connectivity index (χ3v) is 1.22. The second-order valence-electron chi connectivity index (χ2n) is 2.03. The number of ether oxygens (including phenoxy) is 1. The molecule has 0 amide bonds. The fraction of sp³-hybridized carbons (Fsp3) is 0.625. The Kier molecular flexibility index (Phi) is 5.56. The lowest BCUT2D eigenvalue weighted by Gasteiger charge is -1.93. The van der Waals surface area contributed by atoms with E-state index in [2.05, 4.69) is 6.92 Å². The summed E-state index contributed by atoms with van der Waals surface area (Å²) in [5.41, 5.74) is 0. The van der Waals surface area contributed by atoms with Gasteiger partial charge >= 0.3 is 0 Å². The highest BCUT2D eigenvalue weighted by atomic mass is 16.5. The minimum absolute atomic E-state index is 0.424. The normalized spacial score (nSPS) is 10.7. The Bertz CT molecular complexity index is 144. The van der Waals surface area contributed by atoms with Crippen LogP contribution in [0.4, 0.5) is 0 Å². The molecule has 0 spiro atoms. The van der Waals surface area contributed by atoms with E-state index >= 15 is 0 Å². The number of nitriles is 1. The summed E-state index contributed by atoms with van der Waals surface area (Å²) in [5, 5.41) is 8.38. The Morgan fingerprint density at radius 3 is 2.80 bits per heavy atom. The van der Waals surface area contributed by atoms with Crippen molar-refractivity contribution >= 4 is 0 Å². The first kappa shape index (κ1) is 9.03. The quantitative estimate of drug-likeness (QED) is 0.340. The largest absolute Gasteiger partial charge is 0.487 e. The third kappa shape index (κ3) is 3.96. The van der Waals surface area contributed by atoms with E-state index in [1.165, 1.54) is 7.11 Å². The van der Waals surface area contributed by atoms with Crippen LogP contribution in [0.25, 0.3) is 0 Å². The zero-order valence-electron chi connectivity index (χ0n) is 6.55. The average molecular weight is 139 g/mol. The molecule has 0 aromatic heterocycles. The molecule has 0 unspecified atom stereocenters. The highest BCUT2D eigenvalue weighted by molar-refractivity contribution is 5.12. The Morgan fingerprint density at radius 1 is 1.70 bits per heavy atom. The predicted octanol–water partition coefficient (Wildman–Crippen LogP) is 2.23. The van der Waals surface area contributed by atoms with Crippen molar-refractivity contribution in [1.82, 2.24) is 0 Å². The van der Waals surface area contributed by atoms with Gasteiger partial charge in [0, 0.05) is 0 Å². The van der Waals surface area contributed by atoms with E-state index in [9.17, 15) is 0 Å². The van der Waals surface area contributed by atoms with Gasteiger partial charge in [-0.3, -0.25) is 0 Å². The van der Waals surface area contributed by atoms with Crippen LogP contribution in [-0.4, -0.2) is 7.11 Å². The molecule has 0 aromatic rings. The first-order valence-corrected chi connectivity index (χ1v) is 3.49. The molecule has 2 nitrogen and oxygen atoms in total. The molecule has 0 radical (unpaired) electrons. The maximum Gasteiger partial charge on any atom is 0.192 e. The van der Waals surface area contributed by atoms with Gasteiger partial charge in [0.1, 0.15) is 6.07 Å². The van der Waals surface area contributed by atoms with Gasteiger partial charge < -0.3 is 4.74 Å². The molecule has 0 aliphatic rings. The van der Waals surface area contributed by atoms with Crippen molar-refractivity contribution in [2.24, 2.45) is 0 Å². The lowest BCUT2D eigenvalue weighted by atomic mass is 10.2. The third-order valence-electron chi connectivity index (χ3n) is 1.22. The van der Waals surface area contributed by atoms with Crippen molar-refractivity contribution in [3.8, 4) is 6.07 Å². The van der Waals surface area contributed by atoms with Gasteiger partial charge in [-0.25, -0.2) is 0 Å². The molecule has 2 heteroatoms.